The number of carbonyl (C=O) groups excluding carboxylic acids is 1. The normalized spacial score (nSPS) is 19.3. The third kappa shape index (κ3) is 7.16. The van der Waals surface area contributed by atoms with Crippen LogP contribution in [-0.4, -0.2) is 58.8 Å². The number of piperidine rings is 1. The van der Waals surface area contributed by atoms with Crippen LogP contribution in [0.2, 0.25) is 28.2 Å². The third-order valence-electron chi connectivity index (χ3n) is 7.99. The van der Waals surface area contributed by atoms with E-state index in [-0.39, 0.29) is 29.9 Å². The van der Waals surface area contributed by atoms with E-state index in [9.17, 15) is 9.90 Å². The molecule has 2 aromatic carbocycles. The maximum absolute atomic E-state index is 13.4. The van der Waals surface area contributed by atoms with Crippen LogP contribution in [0.4, 0.5) is 4.79 Å². The third-order valence-corrected chi connectivity index (χ3v) is 13.2. The summed E-state index contributed by atoms with van der Waals surface area (Å²) < 4.78 is 14.5. The number of aliphatic hydroxyl groups is 1. The van der Waals surface area contributed by atoms with Gasteiger partial charge < -0.3 is 23.7 Å². The number of rotatable bonds is 8. The summed E-state index contributed by atoms with van der Waals surface area (Å²) in [7, 11) is -2.13. The highest BCUT2D eigenvalue weighted by molar-refractivity contribution is 6.74. The molecule has 1 N–H and O–H groups in total. The zero-order valence-electron chi connectivity index (χ0n) is 23.4. The van der Waals surface area contributed by atoms with Crippen molar-refractivity contribution in [3.63, 3.8) is 0 Å². The molecule has 1 aromatic heterocycles. The topological polar surface area (TPSA) is 76.8 Å². The minimum Gasteiger partial charge on any atom is -0.445 e. The molecule has 0 spiro atoms. The van der Waals surface area contributed by atoms with Crippen LogP contribution in [0, 0.1) is 0 Å². The van der Waals surface area contributed by atoms with Gasteiger partial charge in [0.15, 0.2) is 8.32 Å². The Morgan fingerprint density at radius 1 is 1.18 bits per heavy atom. The summed E-state index contributed by atoms with van der Waals surface area (Å²) in [6.45, 7) is 12.1. The van der Waals surface area contributed by atoms with Gasteiger partial charge in [-0.05, 0) is 55.1 Å². The Balaban J connectivity index is 1.54. The van der Waals surface area contributed by atoms with Gasteiger partial charge in [-0.25, -0.2) is 9.78 Å². The lowest BCUT2D eigenvalue weighted by Crippen LogP contribution is -2.57. The fourth-order valence-electron chi connectivity index (χ4n) is 4.80. The second-order valence-electron chi connectivity index (χ2n) is 11.9. The van der Waals surface area contributed by atoms with Crippen molar-refractivity contribution in [3.8, 4) is 0 Å². The minimum atomic E-state index is -2.13. The molecule has 1 saturated heterocycles. The molecule has 10 heteroatoms. The number of carbonyl (C=O) groups is 1. The Labute approximate surface area is 242 Å². The molecule has 1 aliphatic heterocycles. The Hall–Kier alpha value is -2.10. The van der Waals surface area contributed by atoms with E-state index < -0.39 is 14.4 Å². The van der Waals surface area contributed by atoms with Crippen molar-refractivity contribution in [1.82, 2.24) is 14.5 Å². The summed E-state index contributed by atoms with van der Waals surface area (Å²) in [5, 5.41) is 12.2. The number of ether oxygens (including phenoxy) is 1. The molecule has 2 heterocycles. The van der Waals surface area contributed by atoms with Crippen molar-refractivity contribution < 1.29 is 19.1 Å². The van der Waals surface area contributed by atoms with Crippen LogP contribution >= 0.6 is 23.2 Å². The summed E-state index contributed by atoms with van der Waals surface area (Å²) in [6.07, 6.45) is 2.35. The van der Waals surface area contributed by atoms with E-state index in [1.165, 1.54) is 0 Å². The van der Waals surface area contributed by atoms with E-state index in [2.05, 4.69) is 38.8 Å². The van der Waals surface area contributed by atoms with Crippen molar-refractivity contribution in [3.05, 3.63) is 64.4 Å². The zero-order valence-corrected chi connectivity index (χ0v) is 25.9. The number of halogens is 2. The molecule has 3 aromatic rings. The number of amides is 1. The average Bonchev–Trinajstić information content (AvgIpc) is 3.24. The van der Waals surface area contributed by atoms with Crippen LogP contribution in [0.1, 0.15) is 45.6 Å². The van der Waals surface area contributed by atoms with E-state index >= 15 is 0 Å². The number of imidazole rings is 1. The smallest absolute Gasteiger partial charge is 0.410 e. The number of fused-ring (bicyclic) bond motifs is 1. The average molecular weight is 593 g/mol. The van der Waals surface area contributed by atoms with Crippen molar-refractivity contribution in [2.75, 3.05) is 6.54 Å². The number of hydrogen-bond donors (Lipinski definition) is 1. The summed E-state index contributed by atoms with van der Waals surface area (Å²) in [5.74, 6) is 0. The molecule has 4 rings (SSSR count). The second kappa shape index (κ2) is 12.2. The molecule has 1 aliphatic rings. The summed E-state index contributed by atoms with van der Waals surface area (Å²) in [6, 6.07) is 12.8. The first-order chi connectivity index (χ1) is 18.4. The number of likely N-dealkylation sites (tertiary alicyclic amines) is 1. The first-order valence-corrected chi connectivity index (χ1v) is 17.2. The molecule has 1 fully saturated rings. The van der Waals surface area contributed by atoms with Gasteiger partial charge >= 0.3 is 6.09 Å². The van der Waals surface area contributed by atoms with Gasteiger partial charge in [0.1, 0.15) is 6.61 Å². The molecule has 0 radical (unpaired) electrons. The van der Waals surface area contributed by atoms with E-state index in [0.717, 1.165) is 23.9 Å². The number of nitrogens with zero attached hydrogens (tertiary/aromatic N) is 3. The molecular weight excluding hydrogens is 553 g/mol. The molecule has 39 heavy (non-hydrogen) atoms. The fraction of sp³-hybridized carbons (Fsp3) is 0.517. The van der Waals surface area contributed by atoms with Crippen LogP contribution in [-0.2, 0) is 22.3 Å². The minimum absolute atomic E-state index is 0.0164. The van der Waals surface area contributed by atoms with Gasteiger partial charge in [-0.2, -0.15) is 0 Å². The molecule has 7 nitrogen and oxygen atoms in total. The van der Waals surface area contributed by atoms with Crippen molar-refractivity contribution in [1.29, 1.82) is 0 Å². The molecule has 1 unspecified atom stereocenters. The first kappa shape index (κ1) is 29.9. The largest absolute Gasteiger partial charge is 0.445 e. The lowest BCUT2D eigenvalue weighted by molar-refractivity contribution is -0.0128. The van der Waals surface area contributed by atoms with Crippen LogP contribution in [0.15, 0.2) is 48.8 Å². The monoisotopic (exact) mass is 591 g/mol. The second-order valence-corrected chi connectivity index (χ2v) is 17.5. The zero-order chi connectivity index (χ0) is 28.4. The highest BCUT2D eigenvalue weighted by Gasteiger charge is 2.44. The van der Waals surface area contributed by atoms with Crippen molar-refractivity contribution in [2.24, 2.45) is 0 Å². The summed E-state index contributed by atoms with van der Waals surface area (Å²) >= 11 is 12.4. The van der Waals surface area contributed by atoms with Gasteiger partial charge in [-0.1, -0.05) is 74.3 Å². The maximum Gasteiger partial charge on any atom is 0.410 e. The maximum atomic E-state index is 13.4. The Kier molecular flexibility index (Phi) is 9.33. The van der Waals surface area contributed by atoms with Gasteiger partial charge in [-0.15, -0.1) is 0 Å². The lowest BCUT2D eigenvalue weighted by Gasteiger charge is -2.46. The van der Waals surface area contributed by atoms with Gasteiger partial charge in [-0.3, -0.25) is 0 Å². The van der Waals surface area contributed by atoms with Crippen molar-refractivity contribution in [2.45, 2.75) is 89.6 Å². The Bertz CT molecular complexity index is 1280. The molecule has 0 bridgehead atoms. The van der Waals surface area contributed by atoms with E-state index in [4.69, 9.17) is 32.4 Å². The molecule has 3 atom stereocenters. The van der Waals surface area contributed by atoms with E-state index in [0.29, 0.717) is 35.1 Å². The predicted molar refractivity (Wildman–Crippen MR) is 159 cm³/mol. The van der Waals surface area contributed by atoms with Gasteiger partial charge in [0.05, 0.1) is 52.2 Å². The van der Waals surface area contributed by atoms with E-state index in [1.54, 1.807) is 23.4 Å². The number of aliphatic hydroxyl groups excluding tert-OH is 1. The van der Waals surface area contributed by atoms with Gasteiger partial charge in [0, 0.05) is 6.54 Å². The van der Waals surface area contributed by atoms with E-state index in [1.807, 2.05) is 34.9 Å². The fourth-order valence-corrected chi connectivity index (χ4v) is 6.50. The molecule has 1 amide bonds. The summed E-state index contributed by atoms with van der Waals surface area (Å²) in [5.41, 5.74) is 2.43. The molecule has 0 saturated carbocycles. The van der Waals surface area contributed by atoms with Crippen LogP contribution in [0.25, 0.3) is 11.0 Å². The molecule has 0 aliphatic carbocycles. The quantitative estimate of drug-likeness (QED) is 0.278. The highest BCUT2D eigenvalue weighted by atomic mass is 35.5. The Morgan fingerprint density at radius 2 is 1.87 bits per heavy atom. The standard InChI is InChI=1S/C29H39Cl2N3O4Si/c1-29(2,3)39(4,5)38-27-12-9-13-34(28(36)37-18-20-10-7-6-8-11-20)26(27)14-21(35)17-33-19-32-24-15-22(30)23(31)16-25(24)33/h6-8,10-11,15-16,19,21,26-27,35H,9,12-14,17-18H2,1-5H3/t21?,26-,27+/m1/s1. The van der Waals surface area contributed by atoms with Gasteiger partial charge in [0.2, 0.25) is 0 Å². The number of hydrogen-bond acceptors (Lipinski definition) is 5. The predicted octanol–water partition coefficient (Wildman–Crippen LogP) is 7.29. The number of benzene rings is 2. The van der Waals surface area contributed by atoms with Crippen LogP contribution in [0.5, 0.6) is 0 Å². The summed E-state index contributed by atoms with van der Waals surface area (Å²) in [4.78, 5) is 19.5. The Morgan fingerprint density at radius 3 is 2.56 bits per heavy atom. The highest BCUT2D eigenvalue weighted by Crippen LogP contribution is 2.40. The van der Waals surface area contributed by atoms with Gasteiger partial charge in [0.25, 0.3) is 0 Å². The lowest BCUT2D eigenvalue weighted by atomic mass is 9.94. The molecular formula is C29H39Cl2N3O4Si. The molecule has 212 valence electrons. The first-order valence-electron chi connectivity index (χ1n) is 13.5. The SMILES string of the molecule is CC(C)(C)[Si](C)(C)O[C@H]1CCCN(C(=O)OCc2ccccc2)[C@@H]1CC(O)Cn1cnc2cc(Cl)c(Cl)cc21. The number of aromatic nitrogens is 2. The van der Waals surface area contributed by atoms with Crippen LogP contribution in [0.3, 0.4) is 0 Å². The van der Waals surface area contributed by atoms with Crippen molar-refractivity contribution >= 4 is 48.6 Å². The van der Waals surface area contributed by atoms with Crippen LogP contribution < -0.4 is 0 Å².